The van der Waals surface area contributed by atoms with E-state index in [4.69, 9.17) is 9.84 Å². The van der Waals surface area contributed by atoms with Gasteiger partial charge in [-0.15, -0.1) is 0 Å². The number of ether oxygens (including phenoxy) is 1. The number of carbonyl (C=O) groups excluding carboxylic acids is 2. The number of halogens is 3. The molecule has 0 radical (unpaired) electrons. The van der Waals surface area contributed by atoms with Crippen LogP contribution >= 0.6 is 0 Å². The van der Waals surface area contributed by atoms with Crippen LogP contribution in [0.25, 0.3) is 0 Å². The third-order valence-corrected chi connectivity index (χ3v) is 5.92. The Labute approximate surface area is 203 Å². The number of dihydropyridines is 1. The lowest BCUT2D eigenvalue weighted by molar-refractivity contribution is -0.158. The number of anilines is 1. The van der Waals surface area contributed by atoms with Crippen molar-refractivity contribution >= 4 is 17.8 Å². The molecule has 1 saturated heterocycles. The molecule has 3 aliphatic heterocycles. The maximum atomic E-state index is 13.3. The first kappa shape index (κ1) is 25.5. The molecule has 1 fully saturated rings. The summed E-state index contributed by atoms with van der Waals surface area (Å²) in [6, 6.07) is -3.97. The maximum absolute atomic E-state index is 13.3. The lowest BCUT2D eigenvalue weighted by Crippen LogP contribution is -2.57. The van der Waals surface area contributed by atoms with Gasteiger partial charge < -0.3 is 30.5 Å². The third kappa shape index (κ3) is 5.46. The minimum atomic E-state index is -4.59. The molecule has 36 heavy (non-hydrogen) atoms. The Morgan fingerprint density at radius 1 is 1.36 bits per heavy atom. The molecule has 2 bridgehead atoms. The van der Waals surface area contributed by atoms with Gasteiger partial charge in [0.05, 0.1) is 30.7 Å². The topological polar surface area (TPSA) is 152 Å². The first-order valence-electron chi connectivity index (χ1n) is 11.2. The molecule has 5 N–H and O–H groups in total. The quantitative estimate of drug-likeness (QED) is 0.336. The van der Waals surface area contributed by atoms with Crippen LogP contribution in [0.15, 0.2) is 36.1 Å². The fraction of sp³-hybridized carbons (Fsp3) is 0.524. The highest BCUT2D eigenvalue weighted by atomic mass is 19.4. The minimum absolute atomic E-state index is 0.0140. The smallest absolute Gasteiger partial charge is 0.408 e. The second kappa shape index (κ2) is 10.2. The summed E-state index contributed by atoms with van der Waals surface area (Å²) in [4.78, 5) is 37.3. The number of alkyl halides is 3. The number of fused-ring (bicyclic) bond motifs is 3. The maximum Gasteiger partial charge on any atom is 0.408 e. The van der Waals surface area contributed by atoms with Gasteiger partial charge in [-0.2, -0.15) is 18.2 Å². The third-order valence-electron chi connectivity index (χ3n) is 5.92. The lowest BCUT2D eigenvalue weighted by Gasteiger charge is -2.41. The number of carbonyl (C=O) groups is 2. The molecule has 196 valence electrons. The number of aliphatic hydroxyl groups is 2. The average molecular weight is 513 g/mol. The average Bonchev–Trinajstić information content (AvgIpc) is 3.25. The number of rotatable bonds is 7. The van der Waals surface area contributed by atoms with Crippen LogP contribution in [0.3, 0.4) is 0 Å². The Hall–Kier alpha value is -3.59. The van der Waals surface area contributed by atoms with E-state index in [0.29, 0.717) is 31.0 Å². The fourth-order valence-corrected chi connectivity index (χ4v) is 4.02. The zero-order valence-electron chi connectivity index (χ0n) is 19.2. The van der Waals surface area contributed by atoms with E-state index >= 15 is 0 Å². The van der Waals surface area contributed by atoms with E-state index < -0.39 is 42.9 Å². The molecule has 1 unspecified atom stereocenters. The predicted octanol–water partition coefficient (Wildman–Crippen LogP) is -0.106. The zero-order chi connectivity index (χ0) is 26.0. The number of nitrogens with zero attached hydrogens (tertiary/aromatic N) is 4. The molecule has 12 nitrogen and oxygen atoms in total. The summed E-state index contributed by atoms with van der Waals surface area (Å²) in [5.41, 5.74) is 0.646. The number of hydrogen-bond donors (Lipinski definition) is 5. The van der Waals surface area contributed by atoms with E-state index in [1.54, 1.807) is 6.08 Å². The van der Waals surface area contributed by atoms with Crippen molar-refractivity contribution in [3.05, 3.63) is 36.1 Å². The van der Waals surface area contributed by atoms with Crippen LogP contribution in [0, 0.1) is 0 Å². The summed E-state index contributed by atoms with van der Waals surface area (Å²) >= 11 is 0. The van der Waals surface area contributed by atoms with Gasteiger partial charge in [-0.1, -0.05) is 6.08 Å². The van der Waals surface area contributed by atoms with Gasteiger partial charge in [0.25, 0.3) is 0 Å². The number of aromatic nitrogens is 2. The van der Waals surface area contributed by atoms with Crippen molar-refractivity contribution in [3.63, 3.8) is 0 Å². The molecular formula is C21H26F3N7O5. The molecule has 0 saturated carbocycles. The Balaban J connectivity index is 1.48. The second-order valence-electron chi connectivity index (χ2n) is 8.57. The highest BCUT2D eigenvalue weighted by molar-refractivity contribution is 5.91. The van der Waals surface area contributed by atoms with Gasteiger partial charge in [-0.3, -0.25) is 20.0 Å². The van der Waals surface area contributed by atoms with Crippen LogP contribution in [-0.4, -0.2) is 98.6 Å². The van der Waals surface area contributed by atoms with Gasteiger partial charge in [0.1, 0.15) is 30.6 Å². The van der Waals surface area contributed by atoms with E-state index in [2.05, 4.69) is 20.6 Å². The number of urea groups is 1. The number of hydrogen-bond acceptors (Lipinski definition) is 9. The summed E-state index contributed by atoms with van der Waals surface area (Å²) in [7, 11) is 0. The molecule has 0 aromatic carbocycles. The predicted molar refractivity (Wildman–Crippen MR) is 118 cm³/mol. The first-order chi connectivity index (χ1) is 17.1. The second-order valence-corrected chi connectivity index (χ2v) is 8.57. The molecular weight excluding hydrogens is 487 g/mol. The molecule has 0 spiro atoms. The monoisotopic (exact) mass is 513 g/mol. The van der Waals surface area contributed by atoms with Crippen molar-refractivity contribution in [2.24, 2.45) is 0 Å². The van der Waals surface area contributed by atoms with Gasteiger partial charge >= 0.3 is 12.2 Å². The molecule has 4 rings (SSSR count). The Morgan fingerprint density at radius 3 is 2.86 bits per heavy atom. The van der Waals surface area contributed by atoms with Gasteiger partial charge in [0.15, 0.2) is 5.82 Å². The normalized spacial score (nSPS) is 22.5. The summed E-state index contributed by atoms with van der Waals surface area (Å²) in [5, 5.41) is 25.8. The molecule has 3 amide bonds. The molecule has 4 atom stereocenters. The van der Waals surface area contributed by atoms with Gasteiger partial charge in [-0.05, 0) is 19.4 Å². The summed E-state index contributed by atoms with van der Waals surface area (Å²) < 4.78 is 43.9. The molecule has 15 heteroatoms. The molecule has 0 aliphatic carbocycles. The van der Waals surface area contributed by atoms with Crippen LogP contribution in [-0.2, 0) is 4.79 Å². The standard InChI is InChI=1S/C21H26F3N7O5/c1-11(21(22,23)24)26-19(34)14-2-3-15-18(27-14)31(12-4-5-30(15)8-12)20(35)29-16-6-25-7-17(28-16)36-10-13(33)9-32/h2-3,6-7,11-14,27,32-33H,4-5,8-10H2,1H3,(H,26,34)(H,28,29,35)/t11-,12+,13-,14?/m1/s1. The Kier molecular flexibility index (Phi) is 7.21. The zero-order valence-corrected chi connectivity index (χ0v) is 19.2. The van der Waals surface area contributed by atoms with Crippen molar-refractivity contribution < 1.29 is 37.7 Å². The van der Waals surface area contributed by atoms with Crippen LogP contribution in [0.1, 0.15) is 13.3 Å². The highest BCUT2D eigenvalue weighted by Gasteiger charge is 2.43. The van der Waals surface area contributed by atoms with E-state index in [9.17, 15) is 27.9 Å². The van der Waals surface area contributed by atoms with Crippen molar-refractivity contribution in [3.8, 4) is 5.88 Å². The Bertz CT molecular complexity index is 1070. The van der Waals surface area contributed by atoms with Crippen molar-refractivity contribution in [1.82, 2.24) is 30.4 Å². The molecule has 3 aliphatic rings. The van der Waals surface area contributed by atoms with Crippen molar-refractivity contribution in [2.45, 2.75) is 43.8 Å². The molecule has 1 aromatic heterocycles. The summed E-state index contributed by atoms with van der Waals surface area (Å²) in [5.74, 6) is -0.509. The molecule has 1 aromatic rings. The number of aliphatic hydroxyl groups excluding tert-OH is 2. The van der Waals surface area contributed by atoms with Crippen molar-refractivity contribution in [1.29, 1.82) is 0 Å². The van der Waals surface area contributed by atoms with Crippen molar-refractivity contribution in [2.75, 3.05) is 31.6 Å². The molecule has 4 heterocycles. The SMILES string of the molecule is C[C@@H](NC(=O)C1C=CC2=C(N1)N(C(=O)Nc1cncc(OC[C@H](O)CO)n1)[C@H]1CCN2C1)C(F)(F)F. The largest absolute Gasteiger partial charge is 0.474 e. The van der Waals surface area contributed by atoms with E-state index in [1.807, 2.05) is 10.2 Å². The van der Waals surface area contributed by atoms with Crippen LogP contribution in [0.5, 0.6) is 5.88 Å². The summed E-state index contributed by atoms with van der Waals surface area (Å²) in [6.07, 6.45) is 0.589. The Morgan fingerprint density at radius 2 is 2.14 bits per heavy atom. The summed E-state index contributed by atoms with van der Waals surface area (Å²) in [6.45, 7) is 1.34. The minimum Gasteiger partial charge on any atom is -0.474 e. The number of amides is 3. The fourth-order valence-electron chi connectivity index (χ4n) is 4.02. The van der Waals surface area contributed by atoms with E-state index in [-0.39, 0.29) is 24.3 Å². The van der Waals surface area contributed by atoms with Gasteiger partial charge in [0, 0.05) is 13.1 Å². The lowest BCUT2D eigenvalue weighted by atomic mass is 10.1. The van der Waals surface area contributed by atoms with Crippen LogP contribution in [0.2, 0.25) is 0 Å². The highest BCUT2D eigenvalue weighted by Crippen LogP contribution is 2.33. The van der Waals surface area contributed by atoms with E-state index in [0.717, 1.165) is 6.92 Å². The van der Waals surface area contributed by atoms with Gasteiger partial charge in [0.2, 0.25) is 11.8 Å². The number of nitrogens with one attached hydrogen (secondary N) is 3. The number of allylic oxidation sites excluding steroid dienone is 1. The van der Waals surface area contributed by atoms with E-state index in [1.165, 1.54) is 23.4 Å². The van der Waals surface area contributed by atoms with Crippen LogP contribution in [0.4, 0.5) is 23.8 Å². The first-order valence-corrected chi connectivity index (χ1v) is 11.2. The van der Waals surface area contributed by atoms with Gasteiger partial charge in [-0.25, -0.2) is 4.79 Å². The van der Waals surface area contributed by atoms with Crippen LogP contribution < -0.4 is 20.7 Å².